The fraction of sp³-hybridized carbons (Fsp3) is 0.111. The first-order valence-electron chi connectivity index (χ1n) is 7.77. The summed E-state index contributed by atoms with van der Waals surface area (Å²) in [4.78, 5) is 12.6. The number of rotatable bonds is 2. The molecule has 0 aliphatic carbocycles. The minimum Gasteiger partial charge on any atom is -0.383 e. The van der Waals surface area contributed by atoms with E-state index in [9.17, 15) is 14.3 Å². The second kappa shape index (κ2) is 5.55. The van der Waals surface area contributed by atoms with E-state index in [1.807, 2.05) is 0 Å². The van der Waals surface area contributed by atoms with Crippen LogP contribution in [-0.4, -0.2) is 20.8 Å². The van der Waals surface area contributed by atoms with Crippen molar-refractivity contribution < 1.29 is 14.3 Å². The van der Waals surface area contributed by atoms with Gasteiger partial charge in [-0.1, -0.05) is 11.6 Å². The van der Waals surface area contributed by atoms with Crippen LogP contribution in [-0.2, 0) is 10.4 Å². The highest BCUT2D eigenvalue weighted by atomic mass is 35.5. The number of aliphatic hydroxyl groups is 1. The lowest BCUT2D eigenvalue weighted by Crippen LogP contribution is -2.36. The fourth-order valence-corrected chi connectivity index (χ4v) is 3.41. The molecule has 0 bridgehead atoms. The molecule has 1 aliphatic rings. The van der Waals surface area contributed by atoms with Crippen molar-refractivity contribution in [1.29, 1.82) is 0 Å². The van der Waals surface area contributed by atoms with Gasteiger partial charge in [0.25, 0.3) is 5.91 Å². The third kappa shape index (κ3) is 2.21. The lowest BCUT2D eigenvalue weighted by molar-refractivity contribution is -0.129. The molecule has 4 rings (SSSR count). The van der Waals surface area contributed by atoms with Crippen molar-refractivity contribution in [3.05, 3.63) is 70.1 Å². The summed E-state index contributed by atoms with van der Waals surface area (Å²) in [6, 6.07) is 10.5. The van der Waals surface area contributed by atoms with Crippen LogP contribution in [0, 0.1) is 12.7 Å². The summed E-state index contributed by atoms with van der Waals surface area (Å²) in [5.74, 6) is -1.19. The Balaban J connectivity index is 1.93. The lowest BCUT2D eigenvalue weighted by atomic mass is 9.87. The number of hydrogen-bond donors (Lipinski definition) is 3. The number of fused-ring (bicyclic) bond motifs is 1. The molecule has 0 radical (unpaired) electrons. The largest absolute Gasteiger partial charge is 0.383 e. The van der Waals surface area contributed by atoms with Crippen molar-refractivity contribution in [2.24, 2.45) is 0 Å². The summed E-state index contributed by atoms with van der Waals surface area (Å²) >= 11 is 5.90. The number of carbonyl (C=O) groups is 1. The normalized spacial score (nSPS) is 18.7. The molecule has 8 heteroatoms. The molecule has 0 fully saturated rings. The third-order valence-electron chi connectivity index (χ3n) is 4.48. The molecule has 132 valence electrons. The van der Waals surface area contributed by atoms with E-state index >= 15 is 0 Å². The Kier molecular flexibility index (Phi) is 3.54. The zero-order valence-electron chi connectivity index (χ0n) is 13.6. The topological polar surface area (TPSA) is 93.2 Å². The molecule has 3 aromatic rings. The monoisotopic (exact) mass is 372 g/mol. The zero-order valence-corrected chi connectivity index (χ0v) is 14.4. The number of aromatic nitrogens is 2. The van der Waals surface area contributed by atoms with E-state index in [2.05, 4.69) is 10.4 Å². The van der Waals surface area contributed by atoms with Crippen LogP contribution >= 0.6 is 11.6 Å². The summed E-state index contributed by atoms with van der Waals surface area (Å²) in [7, 11) is 0. The number of carbonyl (C=O) groups excluding carboxylic acids is 1. The molecular weight excluding hydrogens is 359 g/mol. The number of nitrogens with two attached hydrogens (primary N) is 1. The van der Waals surface area contributed by atoms with Crippen LogP contribution in [0.3, 0.4) is 0 Å². The average Bonchev–Trinajstić information content (AvgIpc) is 3.03. The number of nitrogens with one attached hydrogen (secondary N) is 1. The Morgan fingerprint density at radius 2 is 1.96 bits per heavy atom. The van der Waals surface area contributed by atoms with Gasteiger partial charge in [0.2, 0.25) is 5.60 Å². The predicted molar refractivity (Wildman–Crippen MR) is 95.8 cm³/mol. The van der Waals surface area contributed by atoms with Gasteiger partial charge in [-0.25, -0.2) is 9.07 Å². The highest BCUT2D eigenvalue weighted by molar-refractivity contribution is 6.30. The van der Waals surface area contributed by atoms with Gasteiger partial charge in [-0.05, 0) is 49.4 Å². The van der Waals surface area contributed by atoms with Crippen LogP contribution in [0.1, 0.15) is 16.8 Å². The zero-order chi connectivity index (χ0) is 18.6. The van der Waals surface area contributed by atoms with Crippen LogP contribution < -0.4 is 11.1 Å². The van der Waals surface area contributed by atoms with E-state index in [1.54, 1.807) is 31.2 Å². The van der Waals surface area contributed by atoms with Crippen LogP contribution in [0.15, 0.2) is 42.5 Å². The standard InChI is InChI=1S/C18H14ClFN4O2/c1-9-15(16(21)24(23-9)12-5-2-10(19)3-6-12)18(26)13-8-11(20)4-7-14(13)22-17(18)25/h2-8,26H,21H2,1H3,(H,22,25)/t18-/m1/s1. The van der Waals surface area contributed by atoms with Gasteiger partial charge < -0.3 is 16.2 Å². The van der Waals surface area contributed by atoms with E-state index in [4.69, 9.17) is 17.3 Å². The Labute approximate surface area is 153 Å². The van der Waals surface area contributed by atoms with E-state index < -0.39 is 17.3 Å². The van der Waals surface area contributed by atoms with Gasteiger partial charge in [0, 0.05) is 16.3 Å². The molecule has 1 atom stereocenters. The van der Waals surface area contributed by atoms with Crippen molar-refractivity contribution >= 4 is 29.0 Å². The van der Waals surface area contributed by atoms with Crippen molar-refractivity contribution in [2.45, 2.75) is 12.5 Å². The van der Waals surface area contributed by atoms with Crippen molar-refractivity contribution in [2.75, 3.05) is 11.1 Å². The molecule has 0 saturated heterocycles. The van der Waals surface area contributed by atoms with E-state index in [0.29, 0.717) is 22.1 Å². The second-order valence-electron chi connectivity index (χ2n) is 6.09. The molecule has 0 saturated carbocycles. The lowest BCUT2D eigenvalue weighted by Gasteiger charge is -2.21. The molecule has 1 aromatic heterocycles. The van der Waals surface area contributed by atoms with Crippen molar-refractivity contribution in [3.63, 3.8) is 0 Å². The fourth-order valence-electron chi connectivity index (χ4n) is 3.28. The number of nitrogens with zero attached hydrogens (tertiary/aromatic N) is 2. The van der Waals surface area contributed by atoms with Gasteiger partial charge in [0.1, 0.15) is 11.6 Å². The van der Waals surface area contributed by atoms with Crippen LogP contribution in [0.25, 0.3) is 5.69 Å². The highest BCUT2D eigenvalue weighted by Gasteiger charge is 2.50. The molecule has 2 aromatic carbocycles. The number of aryl methyl sites for hydroxylation is 1. The van der Waals surface area contributed by atoms with Crippen LogP contribution in [0.5, 0.6) is 0 Å². The number of nitrogen functional groups attached to an aromatic ring is 1. The number of amides is 1. The molecule has 2 heterocycles. The molecule has 0 spiro atoms. The SMILES string of the molecule is Cc1nn(-c2ccc(Cl)cc2)c(N)c1[C@@]1(O)C(=O)Nc2ccc(F)cc21. The summed E-state index contributed by atoms with van der Waals surface area (Å²) in [5.41, 5.74) is 5.62. The molecule has 4 N–H and O–H groups in total. The molecular formula is C18H14ClFN4O2. The predicted octanol–water partition coefficient (Wildman–Crippen LogP) is 2.74. The highest BCUT2D eigenvalue weighted by Crippen LogP contribution is 2.44. The summed E-state index contributed by atoms with van der Waals surface area (Å²) < 4.78 is 15.1. The molecule has 0 unspecified atom stereocenters. The Morgan fingerprint density at radius 3 is 2.65 bits per heavy atom. The minimum atomic E-state index is -2.13. The van der Waals surface area contributed by atoms with E-state index in [-0.39, 0.29) is 16.9 Å². The van der Waals surface area contributed by atoms with E-state index in [1.165, 1.54) is 16.8 Å². The molecule has 1 amide bonds. The quantitative estimate of drug-likeness (QED) is 0.644. The van der Waals surface area contributed by atoms with Crippen molar-refractivity contribution in [3.8, 4) is 5.69 Å². The first-order chi connectivity index (χ1) is 12.3. The first kappa shape index (κ1) is 16.6. The van der Waals surface area contributed by atoms with Crippen LogP contribution in [0.4, 0.5) is 15.9 Å². The molecule has 6 nitrogen and oxygen atoms in total. The maximum absolute atomic E-state index is 13.7. The van der Waals surface area contributed by atoms with E-state index in [0.717, 1.165) is 6.07 Å². The summed E-state index contributed by atoms with van der Waals surface area (Å²) in [6.45, 7) is 1.63. The third-order valence-corrected chi connectivity index (χ3v) is 4.73. The van der Waals surface area contributed by atoms with Gasteiger partial charge in [0.05, 0.1) is 16.9 Å². The van der Waals surface area contributed by atoms with Gasteiger partial charge in [-0.2, -0.15) is 5.10 Å². The maximum atomic E-state index is 13.7. The number of benzene rings is 2. The Hall–Kier alpha value is -2.90. The van der Waals surface area contributed by atoms with Gasteiger partial charge in [-0.15, -0.1) is 0 Å². The molecule has 1 aliphatic heterocycles. The summed E-state index contributed by atoms with van der Waals surface area (Å²) in [6.07, 6.45) is 0. The smallest absolute Gasteiger partial charge is 0.266 e. The maximum Gasteiger partial charge on any atom is 0.266 e. The first-order valence-corrected chi connectivity index (χ1v) is 8.15. The minimum absolute atomic E-state index is 0.0829. The van der Waals surface area contributed by atoms with Gasteiger partial charge >= 0.3 is 0 Å². The Bertz CT molecular complexity index is 1050. The van der Waals surface area contributed by atoms with Gasteiger partial charge in [0.15, 0.2) is 0 Å². The number of anilines is 2. The Morgan fingerprint density at radius 1 is 1.27 bits per heavy atom. The number of halogens is 2. The second-order valence-corrected chi connectivity index (χ2v) is 6.52. The van der Waals surface area contributed by atoms with Crippen molar-refractivity contribution in [1.82, 2.24) is 9.78 Å². The summed E-state index contributed by atoms with van der Waals surface area (Å²) in [5, 5.41) is 18.7. The van der Waals surface area contributed by atoms with Crippen LogP contribution in [0.2, 0.25) is 5.02 Å². The number of hydrogen-bond acceptors (Lipinski definition) is 4. The van der Waals surface area contributed by atoms with Gasteiger partial charge in [-0.3, -0.25) is 4.79 Å². The average molecular weight is 373 g/mol. The molecule has 26 heavy (non-hydrogen) atoms.